The van der Waals surface area contributed by atoms with Crippen LogP contribution in [-0.2, 0) is 6.42 Å². The Hall–Kier alpha value is -1.31. The molecule has 0 saturated heterocycles. The van der Waals surface area contributed by atoms with Crippen molar-refractivity contribution in [3.05, 3.63) is 35.4 Å². The van der Waals surface area contributed by atoms with Gasteiger partial charge in [0.15, 0.2) is 0 Å². The summed E-state index contributed by atoms with van der Waals surface area (Å²) in [4.78, 5) is 11.7. The minimum atomic E-state index is 0.0953. The number of hydrogen-bond donors (Lipinski definition) is 1. The number of fused-ring (bicyclic) bond motifs is 1. The van der Waals surface area contributed by atoms with Crippen molar-refractivity contribution in [2.24, 2.45) is 0 Å². The van der Waals surface area contributed by atoms with Gasteiger partial charge in [-0.05, 0) is 24.5 Å². The molecule has 0 spiro atoms. The summed E-state index contributed by atoms with van der Waals surface area (Å²) in [6, 6.07) is 8.24. The van der Waals surface area contributed by atoms with Crippen molar-refractivity contribution in [2.75, 3.05) is 0 Å². The first-order valence-electron chi connectivity index (χ1n) is 5.70. The number of nitrogens with one attached hydrogen (secondary N) is 1. The van der Waals surface area contributed by atoms with E-state index in [1.165, 1.54) is 18.4 Å². The van der Waals surface area contributed by atoms with Crippen LogP contribution in [0.4, 0.5) is 0 Å². The van der Waals surface area contributed by atoms with Crippen LogP contribution < -0.4 is 5.32 Å². The Morgan fingerprint density at radius 1 is 1.40 bits per heavy atom. The first-order chi connectivity index (χ1) is 7.31. The topological polar surface area (TPSA) is 29.1 Å². The molecule has 2 nitrogen and oxygen atoms in total. The number of unbranched alkanes of at least 4 members (excludes halogenated alkanes) is 1. The van der Waals surface area contributed by atoms with Crippen molar-refractivity contribution in [3.63, 3.8) is 0 Å². The lowest BCUT2D eigenvalue weighted by Crippen LogP contribution is -2.41. The lowest BCUT2D eigenvalue weighted by atomic mass is 9.93. The van der Waals surface area contributed by atoms with Gasteiger partial charge in [-0.25, -0.2) is 0 Å². The van der Waals surface area contributed by atoms with E-state index in [1.54, 1.807) is 0 Å². The summed E-state index contributed by atoms with van der Waals surface area (Å²) in [5, 5.41) is 3.07. The van der Waals surface area contributed by atoms with Gasteiger partial charge in [-0.1, -0.05) is 38.0 Å². The van der Waals surface area contributed by atoms with Gasteiger partial charge in [0.25, 0.3) is 5.91 Å². The van der Waals surface area contributed by atoms with Gasteiger partial charge in [-0.15, -0.1) is 0 Å². The zero-order valence-corrected chi connectivity index (χ0v) is 9.12. The average Bonchev–Trinajstić information content (AvgIpc) is 2.26. The van der Waals surface area contributed by atoms with E-state index in [2.05, 4.69) is 18.3 Å². The summed E-state index contributed by atoms with van der Waals surface area (Å²) < 4.78 is 0. The van der Waals surface area contributed by atoms with Crippen LogP contribution in [0, 0.1) is 0 Å². The number of benzene rings is 1. The standard InChI is InChI=1S/C13H17NO/c1-2-3-7-11-9-10-6-4-5-8-12(10)13(15)14-11/h4-6,8,11H,2-3,7,9H2,1H3,(H,14,15). The monoisotopic (exact) mass is 203 g/mol. The molecule has 1 aliphatic heterocycles. The third-order valence-electron chi connectivity index (χ3n) is 2.97. The average molecular weight is 203 g/mol. The second kappa shape index (κ2) is 4.47. The highest BCUT2D eigenvalue weighted by atomic mass is 16.1. The minimum Gasteiger partial charge on any atom is -0.349 e. The predicted octanol–water partition coefficient (Wildman–Crippen LogP) is 2.53. The molecule has 2 heteroatoms. The van der Waals surface area contributed by atoms with Crippen molar-refractivity contribution < 1.29 is 4.79 Å². The van der Waals surface area contributed by atoms with Crippen molar-refractivity contribution >= 4 is 5.91 Å². The van der Waals surface area contributed by atoms with E-state index in [0.717, 1.165) is 18.4 Å². The van der Waals surface area contributed by atoms with Gasteiger partial charge in [0, 0.05) is 11.6 Å². The fourth-order valence-electron chi connectivity index (χ4n) is 2.12. The molecule has 1 amide bonds. The Morgan fingerprint density at radius 2 is 2.20 bits per heavy atom. The predicted molar refractivity (Wildman–Crippen MR) is 60.9 cm³/mol. The highest BCUT2D eigenvalue weighted by Gasteiger charge is 2.22. The fourth-order valence-corrected chi connectivity index (χ4v) is 2.12. The molecule has 0 fully saturated rings. The van der Waals surface area contributed by atoms with Crippen LogP contribution in [0.5, 0.6) is 0 Å². The van der Waals surface area contributed by atoms with Gasteiger partial charge in [0.1, 0.15) is 0 Å². The van der Waals surface area contributed by atoms with Crippen LogP contribution >= 0.6 is 0 Å². The number of rotatable bonds is 3. The Balaban J connectivity index is 2.12. The van der Waals surface area contributed by atoms with Crippen LogP contribution in [-0.4, -0.2) is 11.9 Å². The second-order valence-electron chi connectivity index (χ2n) is 4.17. The van der Waals surface area contributed by atoms with E-state index in [0.29, 0.717) is 6.04 Å². The van der Waals surface area contributed by atoms with E-state index in [4.69, 9.17) is 0 Å². The number of hydrogen-bond acceptors (Lipinski definition) is 1. The van der Waals surface area contributed by atoms with Crippen LogP contribution in [0.2, 0.25) is 0 Å². The lowest BCUT2D eigenvalue weighted by Gasteiger charge is -2.25. The van der Waals surface area contributed by atoms with Gasteiger partial charge >= 0.3 is 0 Å². The summed E-state index contributed by atoms with van der Waals surface area (Å²) in [5.41, 5.74) is 2.05. The first-order valence-corrected chi connectivity index (χ1v) is 5.70. The van der Waals surface area contributed by atoms with Crippen LogP contribution in [0.25, 0.3) is 0 Å². The number of amides is 1. The minimum absolute atomic E-state index is 0.0953. The molecule has 0 aliphatic carbocycles. The summed E-state index contributed by atoms with van der Waals surface area (Å²) in [5.74, 6) is 0.0953. The molecule has 1 aliphatic rings. The molecule has 15 heavy (non-hydrogen) atoms. The van der Waals surface area contributed by atoms with Gasteiger partial charge in [-0.2, -0.15) is 0 Å². The zero-order chi connectivity index (χ0) is 10.7. The van der Waals surface area contributed by atoms with Crippen LogP contribution in [0.15, 0.2) is 24.3 Å². The molecular formula is C13H17NO. The van der Waals surface area contributed by atoms with Gasteiger partial charge in [-0.3, -0.25) is 4.79 Å². The molecule has 1 heterocycles. The van der Waals surface area contributed by atoms with Crippen molar-refractivity contribution in [1.82, 2.24) is 5.32 Å². The molecule has 80 valence electrons. The third-order valence-corrected chi connectivity index (χ3v) is 2.97. The lowest BCUT2D eigenvalue weighted by molar-refractivity contribution is 0.0922. The summed E-state index contributed by atoms with van der Waals surface area (Å²) in [6.07, 6.45) is 4.46. The number of carbonyl (C=O) groups excluding carboxylic acids is 1. The van der Waals surface area contributed by atoms with E-state index in [9.17, 15) is 4.79 Å². The highest BCUT2D eigenvalue weighted by Crippen LogP contribution is 2.18. The molecule has 0 radical (unpaired) electrons. The molecule has 1 aromatic rings. The molecule has 2 rings (SSSR count). The maximum atomic E-state index is 11.7. The Kier molecular flexibility index (Phi) is 3.05. The van der Waals surface area contributed by atoms with Crippen molar-refractivity contribution in [3.8, 4) is 0 Å². The van der Waals surface area contributed by atoms with Gasteiger partial charge < -0.3 is 5.32 Å². The molecule has 1 unspecified atom stereocenters. The van der Waals surface area contributed by atoms with E-state index in [-0.39, 0.29) is 5.91 Å². The van der Waals surface area contributed by atoms with Crippen LogP contribution in [0.1, 0.15) is 42.1 Å². The molecular weight excluding hydrogens is 186 g/mol. The Morgan fingerprint density at radius 3 is 3.00 bits per heavy atom. The SMILES string of the molecule is CCCCC1Cc2ccccc2C(=O)N1. The van der Waals surface area contributed by atoms with Crippen molar-refractivity contribution in [1.29, 1.82) is 0 Å². The summed E-state index contributed by atoms with van der Waals surface area (Å²) >= 11 is 0. The fraction of sp³-hybridized carbons (Fsp3) is 0.462. The van der Waals surface area contributed by atoms with E-state index < -0.39 is 0 Å². The highest BCUT2D eigenvalue weighted by molar-refractivity contribution is 5.96. The maximum absolute atomic E-state index is 11.7. The maximum Gasteiger partial charge on any atom is 0.251 e. The molecule has 0 aromatic heterocycles. The molecule has 1 aromatic carbocycles. The number of carbonyl (C=O) groups is 1. The van der Waals surface area contributed by atoms with E-state index in [1.807, 2.05) is 18.2 Å². The quantitative estimate of drug-likeness (QED) is 0.803. The Bertz CT molecular complexity index is 359. The van der Waals surface area contributed by atoms with E-state index >= 15 is 0 Å². The summed E-state index contributed by atoms with van der Waals surface area (Å²) in [6.45, 7) is 2.18. The summed E-state index contributed by atoms with van der Waals surface area (Å²) in [7, 11) is 0. The molecule has 1 N–H and O–H groups in total. The molecule has 1 atom stereocenters. The van der Waals surface area contributed by atoms with Gasteiger partial charge in [0.2, 0.25) is 0 Å². The third kappa shape index (κ3) is 2.20. The second-order valence-corrected chi connectivity index (χ2v) is 4.17. The molecule has 0 saturated carbocycles. The normalized spacial score (nSPS) is 19.5. The largest absolute Gasteiger partial charge is 0.349 e. The van der Waals surface area contributed by atoms with Crippen LogP contribution in [0.3, 0.4) is 0 Å². The van der Waals surface area contributed by atoms with Crippen molar-refractivity contribution in [2.45, 2.75) is 38.6 Å². The Labute approximate surface area is 90.7 Å². The first kappa shape index (κ1) is 10.2. The smallest absolute Gasteiger partial charge is 0.251 e. The molecule has 0 bridgehead atoms. The van der Waals surface area contributed by atoms with Gasteiger partial charge in [0.05, 0.1) is 0 Å². The zero-order valence-electron chi connectivity index (χ0n) is 9.12.